The third-order valence-electron chi connectivity index (χ3n) is 2.13. The predicted molar refractivity (Wildman–Crippen MR) is 57.8 cm³/mol. The van der Waals surface area contributed by atoms with E-state index in [1.807, 2.05) is 0 Å². The maximum Gasteiger partial charge on any atom is 0.416 e. The standard InChI is InChI=1S/C9H6F3NO6S/c10-9(11,12)5-1-2-7(6(3-5)13(16)17)20(18,19)4-8(14)15/h1-3H,4H2,(H,14,15). The van der Waals surface area contributed by atoms with E-state index in [1.54, 1.807) is 0 Å². The highest BCUT2D eigenvalue weighted by atomic mass is 32.2. The van der Waals surface area contributed by atoms with Crippen molar-refractivity contribution in [1.29, 1.82) is 0 Å². The number of alkyl halides is 3. The van der Waals surface area contributed by atoms with Gasteiger partial charge in [0.2, 0.25) is 0 Å². The average Bonchev–Trinajstić information content (AvgIpc) is 2.25. The summed E-state index contributed by atoms with van der Waals surface area (Å²) in [6, 6.07) is 0.760. The number of sulfone groups is 1. The Hall–Kier alpha value is -2.17. The third-order valence-corrected chi connectivity index (χ3v) is 3.77. The molecule has 0 aromatic heterocycles. The summed E-state index contributed by atoms with van der Waals surface area (Å²) in [5.41, 5.74) is -2.72. The summed E-state index contributed by atoms with van der Waals surface area (Å²) in [6.07, 6.45) is -4.89. The van der Waals surface area contributed by atoms with Crippen LogP contribution in [-0.4, -0.2) is 30.2 Å². The highest BCUT2D eigenvalue weighted by molar-refractivity contribution is 7.92. The Morgan fingerprint density at radius 1 is 1.35 bits per heavy atom. The first-order valence-corrected chi connectivity index (χ1v) is 6.40. The SMILES string of the molecule is O=C(O)CS(=O)(=O)c1ccc(C(F)(F)F)cc1[N+](=O)[O-]. The van der Waals surface area contributed by atoms with Gasteiger partial charge in [-0.05, 0) is 12.1 Å². The number of carbonyl (C=O) groups is 1. The Balaban J connectivity index is 3.50. The topological polar surface area (TPSA) is 115 Å². The minimum absolute atomic E-state index is 0.0503. The number of hydrogen-bond acceptors (Lipinski definition) is 5. The Labute approximate surface area is 109 Å². The number of hydrogen-bond donors (Lipinski definition) is 1. The van der Waals surface area contributed by atoms with Gasteiger partial charge in [-0.3, -0.25) is 14.9 Å². The van der Waals surface area contributed by atoms with E-state index in [2.05, 4.69) is 0 Å². The van der Waals surface area contributed by atoms with Gasteiger partial charge in [-0.15, -0.1) is 0 Å². The number of halogens is 3. The van der Waals surface area contributed by atoms with Crippen molar-refractivity contribution in [2.75, 3.05) is 5.75 Å². The molecule has 0 bridgehead atoms. The van der Waals surface area contributed by atoms with Gasteiger partial charge in [-0.25, -0.2) is 8.42 Å². The van der Waals surface area contributed by atoms with Crippen molar-refractivity contribution in [2.45, 2.75) is 11.1 Å². The van der Waals surface area contributed by atoms with E-state index < -0.39 is 48.8 Å². The second kappa shape index (κ2) is 5.07. The molecule has 0 unspecified atom stereocenters. The first-order valence-electron chi connectivity index (χ1n) is 4.75. The molecule has 0 radical (unpaired) electrons. The maximum absolute atomic E-state index is 12.4. The van der Waals surface area contributed by atoms with Crippen LogP contribution in [0.5, 0.6) is 0 Å². The molecule has 7 nitrogen and oxygen atoms in total. The fourth-order valence-electron chi connectivity index (χ4n) is 1.34. The zero-order valence-electron chi connectivity index (χ0n) is 9.42. The molecule has 0 aliphatic carbocycles. The summed E-state index contributed by atoms with van der Waals surface area (Å²) in [6.45, 7) is 0. The number of benzene rings is 1. The van der Waals surface area contributed by atoms with E-state index in [0.29, 0.717) is 12.1 Å². The van der Waals surface area contributed by atoms with Crippen molar-refractivity contribution in [1.82, 2.24) is 0 Å². The summed E-state index contributed by atoms with van der Waals surface area (Å²) in [5.74, 6) is -3.24. The molecule has 0 saturated heterocycles. The molecule has 0 atom stereocenters. The van der Waals surface area contributed by atoms with Crippen molar-refractivity contribution in [3.63, 3.8) is 0 Å². The fraction of sp³-hybridized carbons (Fsp3) is 0.222. The Morgan fingerprint density at radius 3 is 2.30 bits per heavy atom. The van der Waals surface area contributed by atoms with Crippen LogP contribution in [-0.2, 0) is 20.8 Å². The molecule has 0 aliphatic heterocycles. The van der Waals surface area contributed by atoms with Gasteiger partial charge in [0.25, 0.3) is 5.69 Å². The van der Waals surface area contributed by atoms with E-state index in [-0.39, 0.29) is 6.07 Å². The molecule has 1 rings (SSSR count). The van der Waals surface area contributed by atoms with Crippen LogP contribution < -0.4 is 0 Å². The van der Waals surface area contributed by atoms with Gasteiger partial charge < -0.3 is 5.11 Å². The molecule has 0 saturated carbocycles. The molecule has 20 heavy (non-hydrogen) atoms. The van der Waals surface area contributed by atoms with Crippen LogP contribution in [0, 0.1) is 10.1 Å². The molecule has 1 aromatic rings. The van der Waals surface area contributed by atoms with Crippen molar-refractivity contribution < 1.29 is 36.4 Å². The third kappa shape index (κ3) is 3.44. The van der Waals surface area contributed by atoms with Crippen molar-refractivity contribution in [3.05, 3.63) is 33.9 Å². The molecule has 0 aliphatic rings. The molecule has 1 aromatic carbocycles. The number of aliphatic carboxylic acids is 1. The molecule has 1 N–H and O–H groups in total. The normalized spacial score (nSPS) is 12.2. The van der Waals surface area contributed by atoms with E-state index in [9.17, 15) is 36.5 Å². The molecule has 0 spiro atoms. The van der Waals surface area contributed by atoms with Crippen LogP contribution in [0.2, 0.25) is 0 Å². The number of rotatable bonds is 4. The number of nitro benzene ring substituents is 1. The highest BCUT2D eigenvalue weighted by Gasteiger charge is 2.35. The minimum Gasteiger partial charge on any atom is -0.480 e. The van der Waals surface area contributed by atoms with Crippen LogP contribution in [0.4, 0.5) is 18.9 Å². The first kappa shape index (κ1) is 15.9. The molecule has 0 amide bonds. The van der Waals surface area contributed by atoms with Crippen molar-refractivity contribution in [2.24, 2.45) is 0 Å². The lowest BCUT2D eigenvalue weighted by molar-refractivity contribution is -0.388. The summed E-state index contributed by atoms with van der Waals surface area (Å²) in [7, 11) is -4.61. The van der Waals surface area contributed by atoms with Gasteiger partial charge in [-0.1, -0.05) is 0 Å². The first-order chi connectivity index (χ1) is 8.95. The molecule has 0 heterocycles. The summed E-state index contributed by atoms with van der Waals surface area (Å²) in [5, 5.41) is 19.1. The van der Waals surface area contributed by atoms with Gasteiger partial charge in [0, 0.05) is 6.07 Å². The number of carboxylic acid groups (broad SMARTS) is 1. The lowest BCUT2D eigenvalue weighted by atomic mass is 10.2. The monoisotopic (exact) mass is 313 g/mol. The van der Waals surface area contributed by atoms with Crippen LogP contribution in [0.3, 0.4) is 0 Å². The number of nitro groups is 1. The zero-order valence-corrected chi connectivity index (χ0v) is 10.2. The van der Waals surface area contributed by atoms with Crippen molar-refractivity contribution in [3.8, 4) is 0 Å². The predicted octanol–water partition coefficient (Wildman–Crippen LogP) is 1.47. The summed E-state index contributed by atoms with van der Waals surface area (Å²) in [4.78, 5) is 18.6. The Kier molecular flexibility index (Phi) is 4.03. The van der Waals surface area contributed by atoms with Crippen molar-refractivity contribution >= 4 is 21.5 Å². The smallest absolute Gasteiger partial charge is 0.416 e. The van der Waals surface area contributed by atoms with Gasteiger partial charge >= 0.3 is 12.1 Å². The van der Waals surface area contributed by atoms with E-state index in [1.165, 1.54) is 0 Å². The lowest BCUT2D eigenvalue weighted by Crippen LogP contribution is -2.17. The summed E-state index contributed by atoms with van der Waals surface area (Å²) >= 11 is 0. The van der Waals surface area contributed by atoms with Gasteiger partial charge in [0.1, 0.15) is 4.90 Å². The molecule has 0 fully saturated rings. The van der Waals surface area contributed by atoms with Gasteiger partial charge in [-0.2, -0.15) is 13.2 Å². The fourth-order valence-corrected chi connectivity index (χ4v) is 2.55. The lowest BCUT2D eigenvalue weighted by Gasteiger charge is -2.08. The van der Waals surface area contributed by atoms with E-state index in [4.69, 9.17) is 5.11 Å². The van der Waals surface area contributed by atoms with Crippen LogP contribution in [0.25, 0.3) is 0 Å². The average molecular weight is 313 g/mol. The molecule has 11 heteroatoms. The van der Waals surface area contributed by atoms with Crippen LogP contribution in [0.15, 0.2) is 23.1 Å². The number of carboxylic acids is 1. The molecular formula is C9H6F3NO6S. The number of nitrogens with zero attached hydrogens (tertiary/aromatic N) is 1. The second-order valence-electron chi connectivity index (χ2n) is 3.59. The van der Waals surface area contributed by atoms with E-state index >= 15 is 0 Å². The maximum atomic E-state index is 12.4. The van der Waals surface area contributed by atoms with Crippen LogP contribution in [0.1, 0.15) is 5.56 Å². The van der Waals surface area contributed by atoms with Gasteiger partial charge in [0.05, 0.1) is 10.5 Å². The van der Waals surface area contributed by atoms with E-state index in [0.717, 1.165) is 0 Å². The zero-order chi connectivity index (χ0) is 15.7. The van der Waals surface area contributed by atoms with Crippen LogP contribution >= 0.6 is 0 Å². The largest absolute Gasteiger partial charge is 0.480 e. The molecule has 110 valence electrons. The van der Waals surface area contributed by atoms with Gasteiger partial charge in [0.15, 0.2) is 15.6 Å². The quantitative estimate of drug-likeness (QED) is 0.665. The summed E-state index contributed by atoms with van der Waals surface area (Å²) < 4.78 is 60.3. The second-order valence-corrected chi connectivity index (χ2v) is 5.55. The highest BCUT2D eigenvalue weighted by Crippen LogP contribution is 2.34. The minimum atomic E-state index is -4.89. The molecular weight excluding hydrogens is 307 g/mol. The Bertz CT molecular complexity index is 667. The Morgan fingerprint density at radius 2 is 1.90 bits per heavy atom.